The average molecular weight is 491 g/mol. The van der Waals surface area contributed by atoms with Gasteiger partial charge >= 0.3 is 12.2 Å². The number of hydrogen-bond donors (Lipinski definition) is 1. The molecule has 0 amide bonds. The molecule has 2 aliphatic heterocycles. The fourth-order valence-electron chi connectivity index (χ4n) is 4.20. The van der Waals surface area contributed by atoms with E-state index in [-0.39, 0.29) is 25.0 Å². The summed E-state index contributed by atoms with van der Waals surface area (Å²) in [6, 6.07) is 0.815. The number of hydrogen-bond acceptors (Lipinski definition) is 7. The van der Waals surface area contributed by atoms with Crippen LogP contribution in [0.2, 0.25) is 5.02 Å². The van der Waals surface area contributed by atoms with Crippen LogP contribution in [0.1, 0.15) is 35.4 Å². The Balaban J connectivity index is 1.78. The molecule has 2 atom stereocenters. The number of alkyl halides is 3. The van der Waals surface area contributed by atoms with E-state index in [4.69, 9.17) is 31.5 Å². The maximum Gasteiger partial charge on any atom is 0.418 e. The Kier molecular flexibility index (Phi) is 6.56. The lowest BCUT2D eigenvalue weighted by molar-refractivity contribution is -0.140. The molecule has 4 rings (SSSR count). The molecule has 2 aliphatic rings. The van der Waals surface area contributed by atoms with Gasteiger partial charge in [0.1, 0.15) is 5.82 Å². The van der Waals surface area contributed by atoms with Gasteiger partial charge in [-0.25, -0.2) is 4.39 Å². The molecule has 1 aromatic heterocycles. The third kappa shape index (κ3) is 4.67. The Morgan fingerprint density at radius 1 is 1.30 bits per heavy atom. The normalized spacial score (nSPS) is 21.5. The van der Waals surface area contributed by atoms with Crippen LogP contribution in [0.15, 0.2) is 6.07 Å². The molecular weight excluding hydrogens is 468 g/mol. The molecule has 33 heavy (non-hydrogen) atoms. The number of nitrogen functional groups attached to an aromatic ring is 1. The van der Waals surface area contributed by atoms with Gasteiger partial charge in [0, 0.05) is 30.6 Å². The van der Waals surface area contributed by atoms with Crippen LogP contribution in [-0.2, 0) is 28.7 Å². The third-order valence-electron chi connectivity index (χ3n) is 5.67. The molecule has 7 nitrogen and oxygen atoms in total. The number of aromatic nitrogens is 2. The summed E-state index contributed by atoms with van der Waals surface area (Å²) in [5.41, 5.74) is 4.09. The van der Waals surface area contributed by atoms with E-state index < -0.39 is 39.9 Å². The summed E-state index contributed by atoms with van der Waals surface area (Å²) in [6.07, 6.45) is -6.34. The molecule has 0 spiro atoms. The van der Waals surface area contributed by atoms with Crippen molar-refractivity contribution in [1.82, 2.24) is 9.97 Å². The monoisotopic (exact) mass is 490 g/mol. The molecule has 2 aromatic rings. The first kappa shape index (κ1) is 23.8. The summed E-state index contributed by atoms with van der Waals surface area (Å²) in [5, 5.41) is -0.690. The van der Waals surface area contributed by atoms with Crippen LogP contribution in [-0.4, -0.2) is 43.4 Å². The third-order valence-corrected chi connectivity index (χ3v) is 5.96. The van der Waals surface area contributed by atoms with Gasteiger partial charge in [-0.15, -0.1) is 0 Å². The van der Waals surface area contributed by atoms with Crippen LogP contribution >= 0.6 is 11.6 Å². The van der Waals surface area contributed by atoms with Crippen molar-refractivity contribution in [3.8, 4) is 6.01 Å². The smallest absolute Gasteiger partial charge is 0.418 e. The zero-order valence-electron chi connectivity index (χ0n) is 18.0. The number of rotatable bonds is 3. The molecule has 0 aliphatic carbocycles. The fourth-order valence-corrected chi connectivity index (χ4v) is 4.52. The summed E-state index contributed by atoms with van der Waals surface area (Å²) in [6.45, 7) is 4.26. The molecule has 0 saturated carbocycles. The molecule has 180 valence electrons. The predicted molar refractivity (Wildman–Crippen MR) is 113 cm³/mol. The molecule has 2 N–H and O–H groups in total. The summed E-state index contributed by atoms with van der Waals surface area (Å²) in [5.74, 6) is -0.408. The highest BCUT2D eigenvalue weighted by atomic mass is 35.5. The van der Waals surface area contributed by atoms with Gasteiger partial charge < -0.3 is 24.8 Å². The molecule has 0 bridgehead atoms. The van der Waals surface area contributed by atoms with E-state index in [0.717, 1.165) is 6.07 Å². The van der Waals surface area contributed by atoms with Crippen LogP contribution in [0.25, 0.3) is 0 Å². The topological polar surface area (TPSA) is 82.7 Å². The van der Waals surface area contributed by atoms with E-state index in [9.17, 15) is 17.6 Å². The lowest BCUT2D eigenvalue weighted by Gasteiger charge is -2.32. The number of anilines is 2. The van der Waals surface area contributed by atoms with Gasteiger partial charge in [0.05, 0.1) is 55.0 Å². The molecule has 12 heteroatoms. The number of nitrogens with two attached hydrogens (primary N) is 1. The summed E-state index contributed by atoms with van der Waals surface area (Å²) in [7, 11) is 1.40. The van der Waals surface area contributed by atoms with Crippen molar-refractivity contribution < 1.29 is 31.8 Å². The van der Waals surface area contributed by atoms with Crippen molar-refractivity contribution in [3.05, 3.63) is 39.3 Å². The number of methoxy groups -OCH3 is 1. The molecule has 1 aromatic carbocycles. The van der Waals surface area contributed by atoms with E-state index >= 15 is 0 Å². The van der Waals surface area contributed by atoms with Crippen molar-refractivity contribution in [2.45, 2.75) is 32.2 Å². The van der Waals surface area contributed by atoms with Gasteiger partial charge in [-0.2, -0.15) is 23.1 Å². The maximum absolute atomic E-state index is 14.9. The predicted octanol–water partition coefficient (Wildman–Crippen LogP) is 4.17. The van der Waals surface area contributed by atoms with Crippen molar-refractivity contribution >= 4 is 23.1 Å². The zero-order valence-corrected chi connectivity index (χ0v) is 18.8. The van der Waals surface area contributed by atoms with Crippen molar-refractivity contribution in [2.75, 3.05) is 44.0 Å². The second-order valence-electron chi connectivity index (χ2n) is 8.14. The van der Waals surface area contributed by atoms with Crippen LogP contribution in [0.3, 0.4) is 0 Å². The average Bonchev–Trinajstić information content (AvgIpc) is 2.98. The van der Waals surface area contributed by atoms with E-state index in [2.05, 4.69) is 9.97 Å². The molecule has 3 heterocycles. The van der Waals surface area contributed by atoms with Crippen LogP contribution in [0.4, 0.5) is 29.1 Å². The van der Waals surface area contributed by atoms with Gasteiger partial charge in [0.2, 0.25) is 0 Å². The molecule has 1 fully saturated rings. The highest BCUT2D eigenvalue weighted by Gasteiger charge is 2.42. The standard InChI is InChI=1S/C21H23ClF4N4O3/c1-10-7-30(3-4-32-8-10)19-11-9-33-15(6-14(11)28-20(29-19)31-2)16-17(21(24,25)26)12(22)5-13(27)18(16)23/h5,10,15H,3-4,6-9,27H2,1-2H3. The summed E-state index contributed by atoms with van der Waals surface area (Å²) in [4.78, 5) is 10.8. The first-order valence-corrected chi connectivity index (χ1v) is 10.7. The maximum atomic E-state index is 14.9. The Morgan fingerprint density at radius 3 is 2.76 bits per heavy atom. The second-order valence-corrected chi connectivity index (χ2v) is 8.54. The van der Waals surface area contributed by atoms with E-state index in [1.807, 2.05) is 11.8 Å². The summed E-state index contributed by atoms with van der Waals surface area (Å²) >= 11 is 5.83. The SMILES string of the molecule is COc1nc2c(c(N3CCOCC(C)C3)n1)COC(c1c(F)c(N)cc(Cl)c1C(F)(F)F)C2. The van der Waals surface area contributed by atoms with E-state index in [1.165, 1.54) is 7.11 Å². The highest BCUT2D eigenvalue weighted by Crippen LogP contribution is 2.46. The molecule has 0 radical (unpaired) electrons. The highest BCUT2D eigenvalue weighted by molar-refractivity contribution is 6.31. The molecular formula is C21H23ClF4N4O3. The van der Waals surface area contributed by atoms with Gasteiger partial charge in [-0.05, 0) is 12.0 Å². The fraction of sp³-hybridized carbons (Fsp3) is 0.524. The Labute approximate surface area is 192 Å². The lowest BCUT2D eigenvalue weighted by atomic mass is 9.93. The summed E-state index contributed by atoms with van der Waals surface area (Å²) < 4.78 is 72.8. The van der Waals surface area contributed by atoms with Crippen LogP contribution in [0, 0.1) is 11.7 Å². The van der Waals surface area contributed by atoms with Gasteiger partial charge in [0.25, 0.3) is 0 Å². The zero-order chi connectivity index (χ0) is 23.9. The largest absolute Gasteiger partial charge is 0.467 e. The lowest BCUT2D eigenvalue weighted by Crippen LogP contribution is -2.33. The molecule has 1 saturated heterocycles. The Bertz CT molecular complexity index is 1050. The number of fused-ring (bicyclic) bond motifs is 1. The number of nitrogens with zero attached hydrogens (tertiary/aromatic N) is 3. The van der Waals surface area contributed by atoms with Crippen LogP contribution in [0.5, 0.6) is 6.01 Å². The minimum absolute atomic E-state index is 0.0596. The van der Waals surface area contributed by atoms with E-state index in [0.29, 0.717) is 43.4 Å². The minimum atomic E-state index is -4.90. The minimum Gasteiger partial charge on any atom is -0.467 e. The molecule has 2 unspecified atom stereocenters. The number of ether oxygens (including phenoxy) is 3. The van der Waals surface area contributed by atoms with Crippen LogP contribution < -0.4 is 15.4 Å². The number of halogens is 5. The first-order chi connectivity index (χ1) is 15.6. The van der Waals surface area contributed by atoms with Crippen molar-refractivity contribution in [3.63, 3.8) is 0 Å². The number of benzene rings is 1. The van der Waals surface area contributed by atoms with Gasteiger partial charge in [-0.1, -0.05) is 18.5 Å². The van der Waals surface area contributed by atoms with E-state index in [1.54, 1.807) is 0 Å². The quantitative estimate of drug-likeness (QED) is 0.511. The van der Waals surface area contributed by atoms with Gasteiger partial charge in [-0.3, -0.25) is 0 Å². The van der Waals surface area contributed by atoms with Crippen molar-refractivity contribution in [1.29, 1.82) is 0 Å². The second kappa shape index (κ2) is 9.11. The first-order valence-electron chi connectivity index (χ1n) is 10.3. The van der Waals surface area contributed by atoms with Crippen molar-refractivity contribution in [2.24, 2.45) is 5.92 Å². The van der Waals surface area contributed by atoms with Gasteiger partial charge in [0.15, 0.2) is 5.82 Å². The Hall–Kier alpha value is -2.37. The Morgan fingerprint density at radius 2 is 2.06 bits per heavy atom.